The number of para-hydroxylation sites is 1. The maximum atomic E-state index is 13.4. The third-order valence-corrected chi connectivity index (χ3v) is 6.63. The normalized spacial score (nSPS) is 14.9. The van der Waals surface area contributed by atoms with Crippen LogP contribution in [-0.4, -0.2) is 29.0 Å². The van der Waals surface area contributed by atoms with Crippen molar-refractivity contribution in [3.63, 3.8) is 0 Å². The molecular weight excluding hydrogens is 490 g/mol. The molecule has 0 radical (unpaired) electrons. The average molecular weight is 514 g/mol. The third kappa shape index (κ3) is 4.86. The third-order valence-electron chi connectivity index (χ3n) is 6.22. The highest BCUT2D eigenvalue weighted by atomic mass is 35.5. The summed E-state index contributed by atoms with van der Waals surface area (Å²) < 4.78 is 7.94. The van der Waals surface area contributed by atoms with Gasteiger partial charge in [0.05, 0.1) is 12.2 Å². The van der Waals surface area contributed by atoms with Gasteiger partial charge in [-0.25, -0.2) is 9.69 Å². The first-order valence-electron chi connectivity index (χ1n) is 11.8. The number of rotatable bonds is 6. The number of aryl methyl sites for hydroxylation is 2. The highest BCUT2D eigenvalue weighted by Gasteiger charge is 2.37. The minimum absolute atomic E-state index is 0.143. The number of nitrogens with zero attached hydrogens (tertiary/aromatic N) is 2. The number of fused-ring (bicyclic) bond motifs is 1. The van der Waals surface area contributed by atoms with E-state index in [9.17, 15) is 14.4 Å². The van der Waals surface area contributed by atoms with Gasteiger partial charge in [-0.05, 0) is 61.4 Å². The number of barbiturate groups is 1. The maximum absolute atomic E-state index is 13.4. The predicted octanol–water partition coefficient (Wildman–Crippen LogP) is 5.66. The highest BCUT2D eigenvalue weighted by Crippen LogP contribution is 2.29. The molecule has 1 saturated heterocycles. The van der Waals surface area contributed by atoms with Gasteiger partial charge < -0.3 is 9.30 Å². The number of hydrogen-bond acceptors (Lipinski definition) is 4. The van der Waals surface area contributed by atoms with Crippen LogP contribution in [0.1, 0.15) is 16.7 Å². The quantitative estimate of drug-likeness (QED) is 0.266. The molecule has 1 aliphatic rings. The topological polar surface area (TPSA) is 80.6 Å². The SMILES string of the molecule is Cc1cccc(OCCn2cc(C=C3C(=O)NC(=O)N(c4ccc(C)c(Cl)c4)C3=O)c3ccccc32)c1. The summed E-state index contributed by atoms with van der Waals surface area (Å²) in [6.07, 6.45) is 3.40. The molecule has 1 N–H and O–H groups in total. The second-order valence-electron chi connectivity index (χ2n) is 8.85. The molecule has 1 aliphatic heterocycles. The van der Waals surface area contributed by atoms with Crippen LogP contribution in [0, 0.1) is 13.8 Å². The molecule has 1 fully saturated rings. The molecule has 0 spiro atoms. The van der Waals surface area contributed by atoms with Crippen LogP contribution in [0.3, 0.4) is 0 Å². The van der Waals surface area contributed by atoms with Crippen molar-refractivity contribution < 1.29 is 19.1 Å². The molecule has 0 saturated carbocycles. The fourth-order valence-corrected chi connectivity index (χ4v) is 4.49. The fourth-order valence-electron chi connectivity index (χ4n) is 4.31. The summed E-state index contributed by atoms with van der Waals surface area (Å²) in [6.45, 7) is 4.83. The van der Waals surface area contributed by atoms with E-state index in [0.717, 1.165) is 32.7 Å². The Morgan fingerprint density at radius 2 is 1.78 bits per heavy atom. The lowest BCUT2D eigenvalue weighted by atomic mass is 10.1. The molecule has 7 nitrogen and oxygen atoms in total. The number of ether oxygens (including phenoxy) is 1. The van der Waals surface area contributed by atoms with E-state index in [2.05, 4.69) is 5.32 Å². The molecule has 186 valence electrons. The van der Waals surface area contributed by atoms with E-state index in [1.807, 2.05) is 73.1 Å². The number of nitrogens with one attached hydrogen (secondary N) is 1. The molecule has 0 aliphatic carbocycles. The van der Waals surface area contributed by atoms with Crippen molar-refractivity contribution in [2.45, 2.75) is 20.4 Å². The number of anilines is 1. The number of carbonyl (C=O) groups is 3. The summed E-state index contributed by atoms with van der Waals surface area (Å²) in [5.41, 5.74) is 3.68. The molecule has 0 bridgehead atoms. The zero-order valence-corrected chi connectivity index (χ0v) is 21.1. The Balaban J connectivity index is 1.46. The van der Waals surface area contributed by atoms with Gasteiger partial charge in [-0.15, -0.1) is 0 Å². The molecule has 4 aromatic rings. The van der Waals surface area contributed by atoms with E-state index in [4.69, 9.17) is 16.3 Å². The van der Waals surface area contributed by atoms with E-state index in [0.29, 0.717) is 23.7 Å². The van der Waals surface area contributed by atoms with E-state index in [1.54, 1.807) is 12.1 Å². The van der Waals surface area contributed by atoms with Gasteiger partial charge >= 0.3 is 6.03 Å². The van der Waals surface area contributed by atoms with Crippen LogP contribution in [-0.2, 0) is 16.1 Å². The Hall–Kier alpha value is -4.36. The molecule has 0 atom stereocenters. The fraction of sp³-hybridized carbons (Fsp3) is 0.138. The summed E-state index contributed by atoms with van der Waals surface area (Å²) in [7, 11) is 0. The summed E-state index contributed by atoms with van der Waals surface area (Å²) in [5.74, 6) is -0.665. The van der Waals surface area contributed by atoms with Gasteiger partial charge in [-0.2, -0.15) is 0 Å². The van der Waals surface area contributed by atoms with Gasteiger partial charge in [0.2, 0.25) is 0 Å². The zero-order chi connectivity index (χ0) is 26.1. The standard InChI is InChI=1S/C29H24ClN3O4/c1-18-6-5-7-22(14-18)37-13-12-32-17-20(23-8-3-4-9-26(23)32)15-24-27(34)31-29(36)33(28(24)35)21-11-10-19(2)25(30)16-21/h3-11,14-17H,12-13H2,1-2H3,(H,31,34,36). The van der Waals surface area contributed by atoms with Gasteiger partial charge in [-0.1, -0.05) is 48.0 Å². The Labute approximate surface area is 218 Å². The molecule has 3 aromatic carbocycles. The van der Waals surface area contributed by atoms with Crippen LogP contribution in [0.4, 0.5) is 10.5 Å². The Bertz CT molecular complexity index is 1590. The van der Waals surface area contributed by atoms with Crippen molar-refractivity contribution in [3.8, 4) is 5.75 Å². The van der Waals surface area contributed by atoms with E-state index >= 15 is 0 Å². The van der Waals surface area contributed by atoms with Crippen molar-refractivity contribution in [2.24, 2.45) is 0 Å². The molecule has 5 rings (SSSR count). The first-order valence-corrected chi connectivity index (χ1v) is 12.1. The lowest BCUT2D eigenvalue weighted by Gasteiger charge is -2.26. The number of imide groups is 2. The number of hydrogen-bond donors (Lipinski definition) is 1. The molecule has 8 heteroatoms. The van der Waals surface area contributed by atoms with E-state index < -0.39 is 17.8 Å². The monoisotopic (exact) mass is 513 g/mol. The predicted molar refractivity (Wildman–Crippen MR) is 144 cm³/mol. The lowest BCUT2D eigenvalue weighted by Crippen LogP contribution is -2.54. The molecule has 0 unspecified atom stereocenters. The van der Waals surface area contributed by atoms with Gasteiger partial charge in [0.1, 0.15) is 17.9 Å². The van der Waals surface area contributed by atoms with Gasteiger partial charge in [0.15, 0.2) is 0 Å². The smallest absolute Gasteiger partial charge is 0.335 e. The highest BCUT2D eigenvalue weighted by molar-refractivity contribution is 6.39. The Morgan fingerprint density at radius 1 is 0.973 bits per heavy atom. The van der Waals surface area contributed by atoms with Crippen molar-refractivity contribution in [3.05, 3.63) is 100 Å². The maximum Gasteiger partial charge on any atom is 0.335 e. The molecular formula is C29H24ClN3O4. The van der Waals surface area contributed by atoms with E-state index in [1.165, 1.54) is 12.1 Å². The van der Waals surface area contributed by atoms with Crippen molar-refractivity contribution in [1.82, 2.24) is 9.88 Å². The van der Waals surface area contributed by atoms with Crippen LogP contribution in [0.25, 0.3) is 17.0 Å². The van der Waals surface area contributed by atoms with Crippen LogP contribution < -0.4 is 15.0 Å². The number of benzene rings is 3. The van der Waals surface area contributed by atoms with Crippen LogP contribution in [0.15, 0.2) is 78.5 Å². The number of urea groups is 1. The largest absolute Gasteiger partial charge is 0.492 e. The van der Waals surface area contributed by atoms with Crippen LogP contribution >= 0.6 is 11.6 Å². The number of halogens is 1. The number of amides is 4. The number of carbonyl (C=O) groups excluding carboxylic acids is 3. The first kappa shape index (κ1) is 24.3. The van der Waals surface area contributed by atoms with Gasteiger partial charge in [0, 0.05) is 27.7 Å². The Morgan fingerprint density at radius 3 is 2.57 bits per heavy atom. The van der Waals surface area contributed by atoms with Crippen LogP contribution in [0.2, 0.25) is 5.02 Å². The van der Waals surface area contributed by atoms with Gasteiger partial charge in [-0.3, -0.25) is 14.9 Å². The number of aromatic nitrogens is 1. The molecule has 2 heterocycles. The van der Waals surface area contributed by atoms with Gasteiger partial charge in [0.25, 0.3) is 11.8 Å². The van der Waals surface area contributed by atoms with Crippen molar-refractivity contribution in [1.29, 1.82) is 0 Å². The van der Waals surface area contributed by atoms with Crippen molar-refractivity contribution >= 4 is 52.1 Å². The summed E-state index contributed by atoms with van der Waals surface area (Å²) in [5, 5.41) is 3.55. The molecule has 1 aromatic heterocycles. The summed E-state index contributed by atoms with van der Waals surface area (Å²) in [4.78, 5) is 39.6. The lowest BCUT2D eigenvalue weighted by molar-refractivity contribution is -0.122. The second-order valence-corrected chi connectivity index (χ2v) is 9.26. The second kappa shape index (κ2) is 9.95. The summed E-state index contributed by atoms with van der Waals surface area (Å²) in [6, 6.07) is 19.6. The minimum atomic E-state index is -0.817. The van der Waals surface area contributed by atoms with Crippen molar-refractivity contribution in [2.75, 3.05) is 11.5 Å². The molecule has 37 heavy (non-hydrogen) atoms. The zero-order valence-electron chi connectivity index (χ0n) is 20.3. The molecule has 4 amide bonds. The van der Waals surface area contributed by atoms with Crippen LogP contribution in [0.5, 0.6) is 5.75 Å². The Kier molecular flexibility index (Phi) is 6.54. The first-order chi connectivity index (χ1) is 17.8. The minimum Gasteiger partial charge on any atom is -0.492 e. The average Bonchev–Trinajstić information content (AvgIpc) is 3.21. The van der Waals surface area contributed by atoms with E-state index in [-0.39, 0.29) is 11.3 Å². The summed E-state index contributed by atoms with van der Waals surface area (Å²) >= 11 is 6.22.